The van der Waals surface area contributed by atoms with Crippen molar-refractivity contribution in [2.24, 2.45) is 5.73 Å². The zero-order valence-corrected chi connectivity index (χ0v) is 19.4. The van der Waals surface area contributed by atoms with Crippen molar-refractivity contribution < 1.29 is 26.4 Å². The van der Waals surface area contributed by atoms with E-state index in [0.29, 0.717) is 17.2 Å². The summed E-state index contributed by atoms with van der Waals surface area (Å²) >= 11 is 8.75. The van der Waals surface area contributed by atoms with Crippen LogP contribution < -0.4 is 5.73 Å². The van der Waals surface area contributed by atoms with Gasteiger partial charge >= 0.3 is 0 Å². The lowest BCUT2D eigenvalue weighted by molar-refractivity contribution is 0.0713. The van der Waals surface area contributed by atoms with Gasteiger partial charge in [0.2, 0.25) is 0 Å². The molecule has 3 rings (SSSR count). The van der Waals surface area contributed by atoms with Crippen LogP contribution in [0.4, 0.5) is 0 Å². The molecule has 12 heteroatoms. The van der Waals surface area contributed by atoms with Gasteiger partial charge in [-0.2, -0.15) is 0 Å². The fourth-order valence-electron chi connectivity index (χ4n) is 2.74. The van der Waals surface area contributed by atoms with Crippen LogP contribution in [0, 0.1) is 0 Å². The summed E-state index contributed by atoms with van der Waals surface area (Å²) in [5.41, 5.74) is 5.66. The van der Waals surface area contributed by atoms with Gasteiger partial charge in [-0.05, 0) is 54.8 Å². The number of benzene rings is 1. The lowest BCUT2D eigenvalue weighted by Gasteiger charge is -2.22. The molecule has 8 nitrogen and oxygen atoms in total. The molecule has 1 aromatic carbocycles. The highest BCUT2D eigenvalue weighted by molar-refractivity contribution is 7.91. The van der Waals surface area contributed by atoms with E-state index < -0.39 is 20.9 Å². The van der Waals surface area contributed by atoms with Crippen molar-refractivity contribution in [3.05, 3.63) is 51.9 Å². The molecule has 1 aliphatic heterocycles. The van der Waals surface area contributed by atoms with E-state index in [4.69, 9.17) is 33.4 Å². The highest BCUT2D eigenvalue weighted by Crippen LogP contribution is 2.23. The first-order valence-electron chi connectivity index (χ1n) is 8.78. The number of nitrogens with zero attached hydrogens (tertiary/aromatic N) is 1. The predicted molar refractivity (Wildman–Crippen MR) is 114 cm³/mol. The molecule has 0 spiro atoms. The second-order valence-electron chi connectivity index (χ2n) is 6.77. The summed E-state index contributed by atoms with van der Waals surface area (Å²) < 4.78 is 49.1. The van der Waals surface area contributed by atoms with Gasteiger partial charge in [-0.1, -0.05) is 23.2 Å². The molecule has 30 heavy (non-hydrogen) atoms. The fourth-order valence-corrected chi connectivity index (χ4v) is 5.51. The Morgan fingerprint density at radius 2 is 2.00 bits per heavy atom. The van der Waals surface area contributed by atoms with Gasteiger partial charge in [-0.3, -0.25) is 9.00 Å². The average molecular weight is 496 g/mol. The van der Waals surface area contributed by atoms with Crippen LogP contribution in [0.25, 0.3) is 0 Å². The van der Waals surface area contributed by atoms with Gasteiger partial charge in [-0.15, -0.1) is 0 Å². The molecule has 0 saturated carbocycles. The standard InChI is InChI=1S/C12H18N2O4S.C6H4Cl2O2S/c1-8(13)10-3-4-11(18-10)12(15)14(2)9-5-6-19(16,17)7-9;7-4-1-2-5(8)6(3-4)11(9)10/h3-4,8-9H,5-7,13H2,1-2H3;1-3H,(H,9,10)/p-1. The summed E-state index contributed by atoms with van der Waals surface area (Å²) in [4.78, 5) is 13.6. The molecule has 1 saturated heterocycles. The summed E-state index contributed by atoms with van der Waals surface area (Å²) in [5, 5.41) is 0.538. The molecule has 0 radical (unpaired) electrons. The molecule has 0 bridgehead atoms. The quantitative estimate of drug-likeness (QED) is 0.644. The van der Waals surface area contributed by atoms with Crippen LogP contribution in [0.15, 0.2) is 39.6 Å². The smallest absolute Gasteiger partial charge is 0.289 e. The van der Waals surface area contributed by atoms with Crippen molar-refractivity contribution >= 4 is 50.0 Å². The van der Waals surface area contributed by atoms with E-state index in [0.717, 1.165) is 0 Å². The molecule has 2 heterocycles. The molecule has 3 unspecified atom stereocenters. The Morgan fingerprint density at radius 1 is 1.33 bits per heavy atom. The van der Waals surface area contributed by atoms with Crippen LogP contribution in [0.5, 0.6) is 0 Å². The Kier molecular flexibility index (Phi) is 8.49. The number of carbonyl (C=O) groups is 1. The minimum absolute atomic E-state index is 0.0239. The predicted octanol–water partition coefficient (Wildman–Crippen LogP) is 2.79. The zero-order chi connectivity index (χ0) is 22.6. The summed E-state index contributed by atoms with van der Waals surface area (Å²) in [7, 11) is -1.41. The third-order valence-corrected chi connectivity index (χ3v) is 7.56. The first-order valence-corrected chi connectivity index (χ1v) is 12.4. The Bertz CT molecular complexity index is 1040. The number of nitrogens with two attached hydrogens (primary N) is 1. The maximum atomic E-state index is 12.2. The van der Waals surface area contributed by atoms with Gasteiger partial charge in [-0.25, -0.2) is 8.42 Å². The van der Waals surface area contributed by atoms with E-state index in [9.17, 15) is 22.0 Å². The minimum atomic E-state index is -3.01. The van der Waals surface area contributed by atoms with Crippen molar-refractivity contribution in [3.8, 4) is 0 Å². The van der Waals surface area contributed by atoms with E-state index in [1.807, 2.05) is 0 Å². The van der Waals surface area contributed by atoms with E-state index in [-0.39, 0.29) is 45.2 Å². The number of halogens is 2. The lowest BCUT2D eigenvalue weighted by Crippen LogP contribution is -2.37. The van der Waals surface area contributed by atoms with Crippen molar-refractivity contribution in [1.82, 2.24) is 4.90 Å². The Balaban J connectivity index is 0.000000248. The van der Waals surface area contributed by atoms with Gasteiger partial charge in [0.15, 0.2) is 15.6 Å². The summed E-state index contributed by atoms with van der Waals surface area (Å²) in [6, 6.07) is 6.94. The molecule has 0 aliphatic carbocycles. The molecule has 1 aliphatic rings. The van der Waals surface area contributed by atoms with Gasteiger partial charge in [0.25, 0.3) is 5.91 Å². The lowest BCUT2D eigenvalue weighted by atomic mass is 10.2. The summed E-state index contributed by atoms with van der Waals surface area (Å²) in [5.74, 6) is 0.582. The molecule has 1 fully saturated rings. The SMILES string of the molecule is CC(N)c1ccc(C(=O)N(C)C2CCS(=O)(=O)C2)o1.O=S([O-])c1cc(Cl)ccc1Cl. The normalized spacial score (nSPS) is 19.5. The molecule has 1 amide bonds. The Labute approximate surface area is 187 Å². The number of furan rings is 1. The first kappa shape index (κ1) is 24.8. The molecule has 2 N–H and O–H groups in total. The molecule has 1 aromatic heterocycles. The number of amides is 1. The second kappa shape index (κ2) is 10.3. The van der Waals surface area contributed by atoms with Crippen molar-refractivity contribution in [2.45, 2.75) is 30.3 Å². The maximum absolute atomic E-state index is 12.2. The van der Waals surface area contributed by atoms with Crippen LogP contribution in [0.2, 0.25) is 10.0 Å². The average Bonchev–Trinajstić information content (AvgIpc) is 3.29. The first-order chi connectivity index (χ1) is 13.9. The number of hydrogen-bond acceptors (Lipinski definition) is 7. The zero-order valence-electron chi connectivity index (χ0n) is 16.2. The van der Waals surface area contributed by atoms with Crippen molar-refractivity contribution in [3.63, 3.8) is 0 Å². The number of sulfone groups is 1. The monoisotopic (exact) mass is 495 g/mol. The number of rotatable bonds is 4. The van der Waals surface area contributed by atoms with E-state index >= 15 is 0 Å². The van der Waals surface area contributed by atoms with Gasteiger partial charge in [0.05, 0.1) is 22.6 Å². The van der Waals surface area contributed by atoms with Crippen LogP contribution in [0.1, 0.15) is 35.7 Å². The summed E-state index contributed by atoms with van der Waals surface area (Å²) in [6.07, 6.45) is 0.478. The van der Waals surface area contributed by atoms with Crippen LogP contribution in [-0.2, 0) is 20.9 Å². The topological polar surface area (TPSA) is 134 Å². The Morgan fingerprint density at radius 3 is 2.47 bits per heavy atom. The highest BCUT2D eigenvalue weighted by Gasteiger charge is 2.33. The van der Waals surface area contributed by atoms with Crippen molar-refractivity contribution in [1.29, 1.82) is 0 Å². The largest absolute Gasteiger partial charge is 0.768 e. The third kappa shape index (κ3) is 6.53. The third-order valence-electron chi connectivity index (χ3n) is 4.44. The number of hydrogen-bond donors (Lipinski definition) is 1. The fraction of sp³-hybridized carbons (Fsp3) is 0.389. The van der Waals surface area contributed by atoms with E-state index in [2.05, 4.69) is 0 Å². The van der Waals surface area contributed by atoms with Gasteiger partial charge < -0.3 is 19.6 Å². The highest BCUT2D eigenvalue weighted by atomic mass is 35.5. The molecule has 2 aromatic rings. The second-order valence-corrected chi connectivity index (χ2v) is 10.8. The van der Waals surface area contributed by atoms with Gasteiger partial charge in [0, 0.05) is 23.0 Å². The molecular formula is C18H21Cl2N2O6S2-. The maximum Gasteiger partial charge on any atom is 0.289 e. The van der Waals surface area contributed by atoms with Crippen LogP contribution in [-0.4, -0.2) is 52.6 Å². The van der Waals surface area contributed by atoms with Crippen LogP contribution >= 0.6 is 23.2 Å². The number of carbonyl (C=O) groups excluding carboxylic acids is 1. The van der Waals surface area contributed by atoms with Gasteiger partial charge in [0.1, 0.15) is 5.76 Å². The molecular weight excluding hydrogens is 475 g/mol. The Hall–Kier alpha value is -1.43. The van der Waals surface area contributed by atoms with E-state index in [1.165, 1.54) is 23.1 Å². The molecule has 3 atom stereocenters. The minimum Gasteiger partial charge on any atom is -0.768 e. The van der Waals surface area contributed by atoms with Crippen molar-refractivity contribution in [2.75, 3.05) is 18.6 Å². The molecule has 166 valence electrons. The summed E-state index contributed by atoms with van der Waals surface area (Å²) in [6.45, 7) is 1.76. The van der Waals surface area contributed by atoms with Crippen LogP contribution in [0.3, 0.4) is 0 Å². The van der Waals surface area contributed by atoms with E-state index in [1.54, 1.807) is 26.1 Å².